The van der Waals surface area contributed by atoms with Crippen molar-refractivity contribution in [1.29, 1.82) is 0 Å². The second-order valence-electron chi connectivity index (χ2n) is 2.20. The summed E-state index contributed by atoms with van der Waals surface area (Å²) in [4.78, 5) is 0. The van der Waals surface area contributed by atoms with Crippen molar-refractivity contribution in [2.24, 2.45) is 10.4 Å². The van der Waals surface area contributed by atoms with E-state index in [-0.39, 0.29) is 0 Å². The van der Waals surface area contributed by atoms with E-state index in [2.05, 4.69) is 21.2 Å². The lowest BCUT2D eigenvalue weighted by atomic mass is 10.4. The maximum atomic E-state index is 3.86. The Balaban J connectivity index is 2.03. The van der Waals surface area contributed by atoms with Crippen LogP contribution in [0, 0.1) is 0 Å². The number of nitrogens with zero attached hydrogens (tertiary/aromatic N) is 3. The van der Waals surface area contributed by atoms with Gasteiger partial charge >= 0.3 is 0 Å². The third kappa shape index (κ3) is 0.730. The van der Waals surface area contributed by atoms with E-state index < -0.39 is 0 Å². The molecule has 0 bridgehead atoms. The Bertz CT molecular complexity index is 133. The van der Waals surface area contributed by atoms with Crippen molar-refractivity contribution < 1.29 is 0 Å². The summed E-state index contributed by atoms with van der Waals surface area (Å²) in [6.45, 7) is 2.91. The lowest BCUT2D eigenvalue weighted by Gasteiger charge is -2.26. The van der Waals surface area contributed by atoms with Gasteiger partial charge in [-0.1, -0.05) is 10.4 Å². The number of rotatable bonds is 0. The Kier molecular flexibility index (Phi) is 1.02. The van der Waals surface area contributed by atoms with Crippen molar-refractivity contribution >= 4 is 0 Å². The van der Waals surface area contributed by atoms with Crippen LogP contribution in [0.4, 0.5) is 0 Å². The molecule has 0 aromatic rings. The van der Waals surface area contributed by atoms with Crippen molar-refractivity contribution in [3.05, 3.63) is 0 Å². The Morgan fingerprint density at radius 2 is 2.56 bits per heavy atom. The van der Waals surface area contributed by atoms with Gasteiger partial charge in [-0.15, -0.1) is 0 Å². The highest BCUT2D eigenvalue weighted by molar-refractivity contribution is 4.75. The quantitative estimate of drug-likeness (QED) is 0.443. The zero-order chi connectivity index (χ0) is 6.10. The molecule has 2 aliphatic heterocycles. The maximum absolute atomic E-state index is 3.86. The van der Waals surface area contributed by atoms with Crippen LogP contribution in [-0.4, -0.2) is 30.8 Å². The van der Waals surface area contributed by atoms with Crippen LogP contribution < -0.4 is 10.7 Å². The topological polar surface area (TPSA) is 52.0 Å². The fraction of sp³-hybridized carbons (Fsp3) is 1.00. The van der Waals surface area contributed by atoms with Crippen LogP contribution in [0.5, 0.6) is 0 Å². The first-order valence-electron chi connectivity index (χ1n) is 3.10. The highest BCUT2D eigenvalue weighted by Gasteiger charge is 2.23. The molecule has 5 heteroatoms. The average molecular weight is 127 g/mol. The molecule has 1 fully saturated rings. The largest absolute Gasteiger partial charge is 0.311 e. The highest BCUT2D eigenvalue weighted by Crippen LogP contribution is 2.05. The highest BCUT2D eigenvalue weighted by atomic mass is 15.7. The molecule has 0 aromatic carbocycles. The van der Waals surface area contributed by atoms with Gasteiger partial charge in [0.25, 0.3) is 0 Å². The van der Waals surface area contributed by atoms with E-state index in [4.69, 9.17) is 0 Å². The normalized spacial score (nSPS) is 32.0. The molecule has 50 valence electrons. The number of hydrogen-bond donors (Lipinski definition) is 2. The summed E-state index contributed by atoms with van der Waals surface area (Å²) in [6.07, 6.45) is 0.304. The Morgan fingerprint density at radius 3 is 3.44 bits per heavy atom. The second-order valence-corrected chi connectivity index (χ2v) is 2.20. The maximum Gasteiger partial charge on any atom is 0.147 e. The fourth-order valence-corrected chi connectivity index (χ4v) is 1.06. The van der Waals surface area contributed by atoms with Crippen LogP contribution in [0.15, 0.2) is 10.4 Å². The van der Waals surface area contributed by atoms with Gasteiger partial charge in [0, 0.05) is 13.1 Å². The van der Waals surface area contributed by atoms with E-state index in [1.807, 2.05) is 5.01 Å². The molecule has 2 rings (SSSR count). The summed E-state index contributed by atoms with van der Waals surface area (Å²) >= 11 is 0. The Morgan fingerprint density at radius 1 is 1.56 bits per heavy atom. The summed E-state index contributed by atoms with van der Waals surface area (Å²) in [5.41, 5.74) is 2.88. The monoisotopic (exact) mass is 127 g/mol. The van der Waals surface area contributed by atoms with Gasteiger partial charge in [-0.2, -0.15) is 0 Å². The van der Waals surface area contributed by atoms with Crippen molar-refractivity contribution in [1.82, 2.24) is 15.8 Å². The zero-order valence-corrected chi connectivity index (χ0v) is 5.04. The van der Waals surface area contributed by atoms with Gasteiger partial charge in [0.2, 0.25) is 0 Å². The first-order valence-corrected chi connectivity index (χ1v) is 3.10. The third-order valence-corrected chi connectivity index (χ3v) is 1.58. The van der Waals surface area contributed by atoms with Gasteiger partial charge in [-0.05, 0) is 0 Å². The van der Waals surface area contributed by atoms with E-state index in [0.717, 1.165) is 19.6 Å². The molecule has 2 N–H and O–H groups in total. The van der Waals surface area contributed by atoms with E-state index >= 15 is 0 Å². The number of hydrogen-bond acceptors (Lipinski definition) is 5. The van der Waals surface area contributed by atoms with Gasteiger partial charge in [0.15, 0.2) is 0 Å². The minimum absolute atomic E-state index is 0.304. The Labute approximate surface area is 53.1 Å². The van der Waals surface area contributed by atoms with Crippen molar-refractivity contribution in [3.63, 3.8) is 0 Å². The van der Waals surface area contributed by atoms with Gasteiger partial charge in [0.05, 0.1) is 6.54 Å². The summed E-state index contributed by atoms with van der Waals surface area (Å²) < 4.78 is 0. The third-order valence-electron chi connectivity index (χ3n) is 1.58. The molecule has 1 saturated heterocycles. The lowest BCUT2D eigenvalue weighted by molar-refractivity contribution is 0.178. The molecule has 0 amide bonds. The van der Waals surface area contributed by atoms with Gasteiger partial charge in [0.1, 0.15) is 6.17 Å². The predicted octanol–water partition coefficient (Wildman–Crippen LogP) is -0.897. The van der Waals surface area contributed by atoms with E-state index in [0.29, 0.717) is 6.17 Å². The molecule has 5 nitrogen and oxygen atoms in total. The molecular formula is C4H9N5. The summed E-state index contributed by atoms with van der Waals surface area (Å²) in [6, 6.07) is 0. The van der Waals surface area contributed by atoms with Crippen LogP contribution in [0.25, 0.3) is 0 Å². The minimum Gasteiger partial charge on any atom is -0.311 e. The molecule has 1 unspecified atom stereocenters. The molecule has 0 saturated carbocycles. The van der Waals surface area contributed by atoms with Crippen molar-refractivity contribution in [2.75, 3.05) is 19.6 Å². The summed E-state index contributed by atoms with van der Waals surface area (Å²) in [5.74, 6) is 0. The smallest absolute Gasteiger partial charge is 0.147 e. The molecule has 0 radical (unpaired) electrons. The molecule has 2 heterocycles. The van der Waals surface area contributed by atoms with Crippen LogP contribution >= 0.6 is 0 Å². The van der Waals surface area contributed by atoms with Crippen LogP contribution in [0.3, 0.4) is 0 Å². The van der Waals surface area contributed by atoms with E-state index in [1.54, 1.807) is 0 Å². The van der Waals surface area contributed by atoms with Crippen LogP contribution in [-0.2, 0) is 0 Å². The number of fused-ring (bicyclic) bond motifs is 1. The number of nitrogens with one attached hydrogen (secondary N) is 2. The first kappa shape index (κ1) is 4.99. The summed E-state index contributed by atoms with van der Waals surface area (Å²) in [7, 11) is 0. The fourth-order valence-electron chi connectivity index (χ4n) is 1.06. The van der Waals surface area contributed by atoms with Gasteiger partial charge in [-0.25, -0.2) is 0 Å². The zero-order valence-electron chi connectivity index (χ0n) is 5.04. The van der Waals surface area contributed by atoms with Crippen molar-refractivity contribution in [3.8, 4) is 0 Å². The van der Waals surface area contributed by atoms with Crippen LogP contribution in [0.1, 0.15) is 0 Å². The molecule has 0 spiro atoms. The SMILES string of the molecule is C1CN2N=NNC2CN1. The molecule has 2 aliphatic rings. The molecule has 1 atom stereocenters. The second kappa shape index (κ2) is 1.84. The first-order chi connectivity index (χ1) is 4.47. The Hall–Kier alpha value is -0.840. The molecular weight excluding hydrogens is 118 g/mol. The minimum atomic E-state index is 0.304. The predicted molar refractivity (Wildman–Crippen MR) is 31.4 cm³/mol. The van der Waals surface area contributed by atoms with Gasteiger partial charge in [-0.3, -0.25) is 10.4 Å². The average Bonchev–Trinajstić information content (AvgIpc) is 2.33. The standard InChI is InChI=1S/C4H9N5/c1-2-9-4(3-5-1)6-7-8-9/h4-5H,1-3H2,(H,6,8). The van der Waals surface area contributed by atoms with Gasteiger partial charge < -0.3 is 5.32 Å². The van der Waals surface area contributed by atoms with E-state index in [1.165, 1.54) is 0 Å². The molecule has 9 heavy (non-hydrogen) atoms. The molecule has 0 aliphatic carbocycles. The van der Waals surface area contributed by atoms with Crippen molar-refractivity contribution in [2.45, 2.75) is 6.17 Å². The molecule has 0 aromatic heterocycles. The lowest BCUT2D eigenvalue weighted by Crippen LogP contribution is -2.51. The number of piperazine rings is 1. The van der Waals surface area contributed by atoms with Crippen LogP contribution in [0.2, 0.25) is 0 Å². The van der Waals surface area contributed by atoms with E-state index in [9.17, 15) is 0 Å². The summed E-state index contributed by atoms with van der Waals surface area (Å²) in [5, 5.41) is 12.7.